The zero-order valence-electron chi connectivity index (χ0n) is 9.82. The first-order valence-corrected chi connectivity index (χ1v) is 5.58. The molecule has 0 spiro atoms. The van der Waals surface area contributed by atoms with Crippen LogP contribution in [0, 0.1) is 6.92 Å². The molecule has 84 valence electrons. The molecule has 1 aromatic rings. The van der Waals surface area contributed by atoms with Gasteiger partial charge in [0, 0.05) is 44.0 Å². The highest BCUT2D eigenvalue weighted by Crippen LogP contribution is 2.15. The first-order chi connectivity index (χ1) is 7.20. The number of nitrogens with zero attached hydrogens (tertiary/aromatic N) is 3. The maximum absolute atomic E-state index is 4.27. The Morgan fingerprint density at radius 3 is 2.93 bits per heavy atom. The predicted molar refractivity (Wildman–Crippen MR) is 60.7 cm³/mol. The van der Waals surface area contributed by atoms with Crippen molar-refractivity contribution in [3.8, 4) is 0 Å². The van der Waals surface area contributed by atoms with Gasteiger partial charge in [0.1, 0.15) is 0 Å². The van der Waals surface area contributed by atoms with E-state index >= 15 is 0 Å². The molecule has 4 nitrogen and oxygen atoms in total. The lowest BCUT2D eigenvalue weighted by atomic mass is 10.2. The SMILES string of the molecule is CNC1CCN(Cc2cnn(C)c2C)C1. The normalized spacial score (nSPS) is 22.5. The molecule has 1 aromatic heterocycles. The van der Waals surface area contributed by atoms with Crippen LogP contribution in [0.25, 0.3) is 0 Å². The summed E-state index contributed by atoms with van der Waals surface area (Å²) >= 11 is 0. The summed E-state index contributed by atoms with van der Waals surface area (Å²) in [6.45, 7) is 5.52. The Morgan fingerprint density at radius 1 is 1.60 bits per heavy atom. The molecule has 0 saturated carbocycles. The van der Waals surface area contributed by atoms with Crippen LogP contribution >= 0.6 is 0 Å². The van der Waals surface area contributed by atoms with E-state index in [0.29, 0.717) is 6.04 Å². The molecule has 2 heterocycles. The van der Waals surface area contributed by atoms with Crippen molar-refractivity contribution in [2.24, 2.45) is 7.05 Å². The molecule has 15 heavy (non-hydrogen) atoms. The van der Waals surface area contributed by atoms with E-state index in [1.54, 1.807) is 0 Å². The van der Waals surface area contributed by atoms with Crippen molar-refractivity contribution in [3.63, 3.8) is 0 Å². The Labute approximate surface area is 91.3 Å². The van der Waals surface area contributed by atoms with Crippen LogP contribution in [0.15, 0.2) is 6.20 Å². The molecule has 2 rings (SSSR count). The van der Waals surface area contributed by atoms with Gasteiger partial charge in [-0.25, -0.2) is 0 Å². The quantitative estimate of drug-likeness (QED) is 0.786. The lowest BCUT2D eigenvalue weighted by Crippen LogP contribution is -2.29. The number of aryl methyl sites for hydroxylation is 1. The van der Waals surface area contributed by atoms with Crippen LogP contribution in [0.2, 0.25) is 0 Å². The molecule has 1 N–H and O–H groups in total. The Morgan fingerprint density at radius 2 is 2.40 bits per heavy atom. The molecule has 0 bridgehead atoms. The van der Waals surface area contributed by atoms with Gasteiger partial charge in [-0.3, -0.25) is 9.58 Å². The molecule has 1 aliphatic heterocycles. The molecular weight excluding hydrogens is 188 g/mol. The van der Waals surface area contributed by atoms with E-state index in [0.717, 1.165) is 13.1 Å². The highest BCUT2D eigenvalue weighted by Gasteiger charge is 2.21. The van der Waals surface area contributed by atoms with E-state index in [4.69, 9.17) is 0 Å². The fraction of sp³-hybridized carbons (Fsp3) is 0.727. The lowest BCUT2D eigenvalue weighted by molar-refractivity contribution is 0.321. The maximum atomic E-state index is 4.27. The number of likely N-dealkylation sites (N-methyl/N-ethyl adjacent to an activating group) is 1. The van der Waals surface area contributed by atoms with Gasteiger partial charge in [0.05, 0.1) is 6.20 Å². The van der Waals surface area contributed by atoms with Gasteiger partial charge in [0.25, 0.3) is 0 Å². The molecule has 4 heteroatoms. The molecule has 0 aromatic carbocycles. The smallest absolute Gasteiger partial charge is 0.0537 e. The van der Waals surface area contributed by atoms with Crippen molar-refractivity contribution >= 4 is 0 Å². The maximum Gasteiger partial charge on any atom is 0.0537 e. The van der Waals surface area contributed by atoms with Crippen molar-refractivity contribution in [1.29, 1.82) is 0 Å². The average Bonchev–Trinajstić information content (AvgIpc) is 2.80. The molecule has 1 atom stereocenters. The van der Waals surface area contributed by atoms with Crippen LogP contribution in [0.1, 0.15) is 17.7 Å². The van der Waals surface area contributed by atoms with Crippen LogP contribution in [-0.4, -0.2) is 40.9 Å². The number of rotatable bonds is 3. The zero-order chi connectivity index (χ0) is 10.8. The van der Waals surface area contributed by atoms with Gasteiger partial charge in [-0.1, -0.05) is 0 Å². The van der Waals surface area contributed by atoms with Gasteiger partial charge in [-0.15, -0.1) is 0 Å². The molecular formula is C11H20N4. The fourth-order valence-corrected chi connectivity index (χ4v) is 2.15. The highest BCUT2D eigenvalue weighted by molar-refractivity contribution is 5.15. The Bertz CT molecular complexity index is 331. The zero-order valence-corrected chi connectivity index (χ0v) is 9.82. The lowest BCUT2D eigenvalue weighted by Gasteiger charge is -2.15. The van der Waals surface area contributed by atoms with E-state index in [1.807, 2.05) is 25.0 Å². The average molecular weight is 208 g/mol. The van der Waals surface area contributed by atoms with Crippen molar-refractivity contribution in [2.75, 3.05) is 20.1 Å². The summed E-state index contributed by atoms with van der Waals surface area (Å²) in [6, 6.07) is 0.668. The van der Waals surface area contributed by atoms with E-state index in [1.165, 1.54) is 24.2 Å². The second kappa shape index (κ2) is 4.33. The summed E-state index contributed by atoms with van der Waals surface area (Å²) in [5, 5.41) is 7.61. The topological polar surface area (TPSA) is 33.1 Å². The van der Waals surface area contributed by atoms with E-state index in [9.17, 15) is 0 Å². The van der Waals surface area contributed by atoms with Gasteiger partial charge in [0.15, 0.2) is 0 Å². The van der Waals surface area contributed by atoms with Crippen LogP contribution in [0.4, 0.5) is 0 Å². The highest BCUT2D eigenvalue weighted by atomic mass is 15.3. The summed E-state index contributed by atoms with van der Waals surface area (Å²) < 4.78 is 1.95. The fourth-order valence-electron chi connectivity index (χ4n) is 2.15. The van der Waals surface area contributed by atoms with Gasteiger partial charge < -0.3 is 5.32 Å². The van der Waals surface area contributed by atoms with Gasteiger partial charge in [0.2, 0.25) is 0 Å². The standard InChI is InChI=1S/C11H20N4/c1-9-10(6-13-14(9)3)7-15-5-4-11(8-15)12-2/h6,11-12H,4-5,7-8H2,1-3H3. The van der Waals surface area contributed by atoms with Crippen LogP contribution < -0.4 is 5.32 Å². The summed E-state index contributed by atoms with van der Waals surface area (Å²) in [4.78, 5) is 2.49. The minimum atomic E-state index is 0.668. The molecule has 1 fully saturated rings. The molecule has 0 aliphatic carbocycles. The van der Waals surface area contributed by atoms with Gasteiger partial charge in [-0.2, -0.15) is 5.10 Å². The largest absolute Gasteiger partial charge is 0.316 e. The van der Waals surface area contributed by atoms with Gasteiger partial charge >= 0.3 is 0 Å². The Kier molecular flexibility index (Phi) is 3.07. The molecule has 0 amide bonds. The number of hydrogen-bond acceptors (Lipinski definition) is 3. The second-order valence-electron chi connectivity index (χ2n) is 4.39. The van der Waals surface area contributed by atoms with Gasteiger partial charge in [-0.05, 0) is 20.4 Å². The molecule has 1 unspecified atom stereocenters. The van der Waals surface area contributed by atoms with Crippen molar-refractivity contribution < 1.29 is 0 Å². The number of aromatic nitrogens is 2. The van der Waals surface area contributed by atoms with Crippen molar-refractivity contribution in [2.45, 2.75) is 25.9 Å². The molecule has 1 aliphatic rings. The van der Waals surface area contributed by atoms with E-state index in [-0.39, 0.29) is 0 Å². The summed E-state index contributed by atoms with van der Waals surface area (Å²) in [5.41, 5.74) is 2.64. The first-order valence-electron chi connectivity index (χ1n) is 5.58. The van der Waals surface area contributed by atoms with Crippen molar-refractivity contribution in [3.05, 3.63) is 17.5 Å². The third-order valence-electron chi connectivity index (χ3n) is 3.41. The third kappa shape index (κ3) is 2.21. The number of nitrogens with one attached hydrogen (secondary N) is 1. The molecule has 1 saturated heterocycles. The predicted octanol–water partition coefficient (Wildman–Crippen LogP) is 0.522. The second-order valence-corrected chi connectivity index (χ2v) is 4.39. The van der Waals surface area contributed by atoms with E-state index < -0.39 is 0 Å². The Hall–Kier alpha value is -0.870. The van der Waals surface area contributed by atoms with Crippen LogP contribution in [0.5, 0.6) is 0 Å². The summed E-state index contributed by atoms with van der Waals surface area (Å²) in [7, 11) is 4.04. The minimum Gasteiger partial charge on any atom is -0.316 e. The Balaban J connectivity index is 1.95. The van der Waals surface area contributed by atoms with Crippen LogP contribution in [-0.2, 0) is 13.6 Å². The third-order valence-corrected chi connectivity index (χ3v) is 3.41. The number of likely N-dealkylation sites (tertiary alicyclic amines) is 1. The molecule has 0 radical (unpaired) electrons. The minimum absolute atomic E-state index is 0.668. The summed E-state index contributed by atoms with van der Waals surface area (Å²) in [6.07, 6.45) is 3.25. The van der Waals surface area contributed by atoms with Crippen LogP contribution in [0.3, 0.4) is 0 Å². The summed E-state index contributed by atoms with van der Waals surface area (Å²) in [5.74, 6) is 0. The first kappa shape index (κ1) is 10.6. The van der Waals surface area contributed by atoms with E-state index in [2.05, 4.69) is 22.2 Å². The monoisotopic (exact) mass is 208 g/mol. The number of hydrogen-bond donors (Lipinski definition) is 1. The van der Waals surface area contributed by atoms with Crippen molar-refractivity contribution in [1.82, 2.24) is 20.0 Å².